The molecular formula is C32H34FN3O3S. The van der Waals surface area contributed by atoms with Crippen LogP contribution in [0.4, 0.5) is 10.1 Å². The lowest BCUT2D eigenvalue weighted by atomic mass is 9.98. The van der Waals surface area contributed by atoms with Gasteiger partial charge in [0.05, 0.1) is 4.90 Å². The van der Waals surface area contributed by atoms with Gasteiger partial charge in [-0.15, -0.1) is 0 Å². The van der Waals surface area contributed by atoms with E-state index in [1.807, 2.05) is 43.4 Å². The second-order valence-corrected chi connectivity index (χ2v) is 11.8. The van der Waals surface area contributed by atoms with Crippen molar-refractivity contribution >= 4 is 15.7 Å². The largest absolute Gasteiger partial charge is 0.489 e. The van der Waals surface area contributed by atoms with E-state index < -0.39 is 15.8 Å². The maximum atomic E-state index is 13.2. The third-order valence-electron chi connectivity index (χ3n) is 7.22. The van der Waals surface area contributed by atoms with Crippen molar-refractivity contribution in [3.05, 3.63) is 125 Å². The van der Waals surface area contributed by atoms with Gasteiger partial charge >= 0.3 is 0 Å². The summed E-state index contributed by atoms with van der Waals surface area (Å²) in [5.41, 5.74) is 4.90. The van der Waals surface area contributed by atoms with Gasteiger partial charge in [0, 0.05) is 31.4 Å². The molecule has 5 rings (SSSR count). The predicted molar refractivity (Wildman–Crippen MR) is 156 cm³/mol. The molecule has 2 N–H and O–H groups in total. The Morgan fingerprint density at radius 3 is 2.38 bits per heavy atom. The number of fused-ring (bicyclic) bond motifs is 1. The van der Waals surface area contributed by atoms with Crippen LogP contribution in [0.5, 0.6) is 5.75 Å². The molecule has 1 atom stereocenters. The Morgan fingerprint density at radius 2 is 1.65 bits per heavy atom. The van der Waals surface area contributed by atoms with Crippen molar-refractivity contribution in [3.8, 4) is 5.75 Å². The van der Waals surface area contributed by atoms with Crippen LogP contribution in [-0.2, 0) is 36.0 Å². The Labute approximate surface area is 235 Å². The number of hydrogen-bond donors (Lipinski definition) is 2. The Bertz CT molecular complexity index is 1510. The van der Waals surface area contributed by atoms with Gasteiger partial charge in [0.1, 0.15) is 18.2 Å². The summed E-state index contributed by atoms with van der Waals surface area (Å²) in [5.74, 6) is 0.444. The summed E-state index contributed by atoms with van der Waals surface area (Å²) in [6.07, 6.45) is 1.67. The number of sulfonamides is 1. The lowest BCUT2D eigenvalue weighted by Crippen LogP contribution is -2.43. The second kappa shape index (κ2) is 12.6. The van der Waals surface area contributed by atoms with Crippen LogP contribution in [-0.4, -0.2) is 39.5 Å². The van der Waals surface area contributed by atoms with Gasteiger partial charge in [-0.1, -0.05) is 48.5 Å². The van der Waals surface area contributed by atoms with Crippen molar-refractivity contribution in [2.45, 2.75) is 36.9 Å². The molecule has 0 aliphatic carbocycles. The first-order valence-corrected chi connectivity index (χ1v) is 14.9. The smallest absolute Gasteiger partial charge is 0.261 e. The molecule has 8 heteroatoms. The molecule has 208 valence electrons. The minimum absolute atomic E-state index is 0.216. The lowest BCUT2D eigenvalue weighted by molar-refractivity contribution is 0.227. The van der Waals surface area contributed by atoms with Crippen LogP contribution in [0.25, 0.3) is 0 Å². The number of anilines is 1. The summed E-state index contributed by atoms with van der Waals surface area (Å²) in [4.78, 5) is 2.62. The van der Waals surface area contributed by atoms with Gasteiger partial charge in [-0.25, -0.2) is 12.8 Å². The van der Waals surface area contributed by atoms with Gasteiger partial charge in [-0.3, -0.25) is 9.62 Å². The molecule has 0 amide bonds. The highest BCUT2D eigenvalue weighted by atomic mass is 32.2. The fourth-order valence-corrected chi connectivity index (χ4v) is 6.07. The molecule has 0 radical (unpaired) electrons. The first-order chi connectivity index (χ1) is 19.4. The molecule has 0 saturated heterocycles. The number of rotatable bonds is 11. The zero-order chi connectivity index (χ0) is 28.0. The predicted octanol–water partition coefficient (Wildman–Crippen LogP) is 5.39. The summed E-state index contributed by atoms with van der Waals surface area (Å²) in [6, 6.07) is 29.3. The van der Waals surface area contributed by atoms with Gasteiger partial charge < -0.3 is 10.1 Å². The molecule has 0 spiro atoms. The summed E-state index contributed by atoms with van der Waals surface area (Å²) < 4.78 is 47.4. The molecule has 4 aromatic rings. The third-order valence-corrected chi connectivity index (χ3v) is 8.60. The average Bonchev–Trinajstić information content (AvgIpc) is 2.97. The number of halogens is 1. The first kappa shape index (κ1) is 27.8. The van der Waals surface area contributed by atoms with Crippen molar-refractivity contribution in [2.24, 2.45) is 0 Å². The number of hydrogen-bond acceptors (Lipinski definition) is 5. The highest BCUT2D eigenvalue weighted by Gasteiger charge is 2.22. The average molecular weight is 560 g/mol. The summed E-state index contributed by atoms with van der Waals surface area (Å²) in [5, 5.41) is 3.45. The molecule has 0 fully saturated rings. The topological polar surface area (TPSA) is 70.7 Å². The minimum Gasteiger partial charge on any atom is -0.489 e. The van der Waals surface area contributed by atoms with E-state index in [0.29, 0.717) is 12.3 Å². The van der Waals surface area contributed by atoms with Crippen LogP contribution in [0.3, 0.4) is 0 Å². The van der Waals surface area contributed by atoms with E-state index in [4.69, 9.17) is 4.74 Å². The van der Waals surface area contributed by atoms with Crippen molar-refractivity contribution in [2.75, 3.05) is 24.9 Å². The van der Waals surface area contributed by atoms with E-state index in [1.54, 1.807) is 12.1 Å². The minimum atomic E-state index is -3.76. The SMILES string of the molecule is CN[C@@H](Cc1ccc(OCc2ccccc2)cc1)CN1CCc2cc(S(=O)(=O)Nc3ccc(F)cc3)ccc2C1. The van der Waals surface area contributed by atoms with Gasteiger partial charge in [-0.2, -0.15) is 0 Å². The lowest BCUT2D eigenvalue weighted by Gasteiger charge is -2.32. The number of benzene rings is 4. The van der Waals surface area contributed by atoms with E-state index >= 15 is 0 Å². The van der Waals surface area contributed by atoms with Crippen molar-refractivity contribution in [1.29, 1.82) is 0 Å². The molecule has 4 aromatic carbocycles. The second-order valence-electron chi connectivity index (χ2n) is 10.1. The van der Waals surface area contributed by atoms with E-state index in [0.717, 1.165) is 54.9 Å². The number of ether oxygens (including phenoxy) is 1. The van der Waals surface area contributed by atoms with E-state index in [1.165, 1.54) is 29.8 Å². The quantitative estimate of drug-likeness (QED) is 0.258. The molecular weight excluding hydrogens is 525 g/mol. The normalized spacial score (nSPS) is 14.3. The zero-order valence-electron chi connectivity index (χ0n) is 22.5. The van der Waals surface area contributed by atoms with Crippen LogP contribution in [0.2, 0.25) is 0 Å². The van der Waals surface area contributed by atoms with Crippen LogP contribution in [0.15, 0.2) is 102 Å². The Morgan fingerprint density at radius 1 is 0.900 bits per heavy atom. The van der Waals surface area contributed by atoms with Gasteiger partial charge in [0.25, 0.3) is 10.0 Å². The fraction of sp³-hybridized carbons (Fsp3) is 0.250. The van der Waals surface area contributed by atoms with Gasteiger partial charge in [-0.05, 0) is 90.7 Å². The highest BCUT2D eigenvalue weighted by Crippen LogP contribution is 2.25. The van der Waals surface area contributed by atoms with Crippen LogP contribution in [0.1, 0.15) is 22.3 Å². The fourth-order valence-electron chi connectivity index (χ4n) is 4.96. The van der Waals surface area contributed by atoms with Gasteiger partial charge in [0.15, 0.2) is 0 Å². The van der Waals surface area contributed by atoms with Crippen LogP contribution in [0, 0.1) is 5.82 Å². The van der Waals surface area contributed by atoms with Crippen LogP contribution < -0.4 is 14.8 Å². The molecule has 40 heavy (non-hydrogen) atoms. The number of nitrogens with zero attached hydrogens (tertiary/aromatic N) is 1. The highest BCUT2D eigenvalue weighted by molar-refractivity contribution is 7.92. The standard InChI is InChI=1S/C32H34FN3O3S/c1-34-30(19-24-7-14-31(15-8-24)39-23-25-5-3-2-4-6-25)22-36-18-17-26-20-32(16-9-27(26)21-36)40(37,38)35-29-12-10-28(33)11-13-29/h2-16,20,30,34-35H,17-19,21-23H2,1H3/t30-/m0/s1. The molecule has 6 nitrogen and oxygen atoms in total. The molecule has 1 aliphatic heterocycles. The monoisotopic (exact) mass is 559 g/mol. The van der Waals surface area contributed by atoms with Crippen molar-refractivity contribution in [3.63, 3.8) is 0 Å². The summed E-state index contributed by atoms with van der Waals surface area (Å²) >= 11 is 0. The Hall–Kier alpha value is -3.72. The molecule has 0 saturated carbocycles. The molecule has 1 heterocycles. The Kier molecular flexibility index (Phi) is 8.79. The van der Waals surface area contributed by atoms with E-state index in [9.17, 15) is 12.8 Å². The van der Waals surface area contributed by atoms with Gasteiger partial charge in [0.2, 0.25) is 0 Å². The molecule has 0 aromatic heterocycles. The molecule has 1 aliphatic rings. The van der Waals surface area contributed by atoms with E-state index in [-0.39, 0.29) is 10.9 Å². The maximum absolute atomic E-state index is 13.2. The first-order valence-electron chi connectivity index (χ1n) is 13.4. The maximum Gasteiger partial charge on any atom is 0.261 e. The van der Waals surface area contributed by atoms with E-state index in [2.05, 4.69) is 39.2 Å². The molecule has 0 unspecified atom stereocenters. The zero-order valence-corrected chi connectivity index (χ0v) is 23.3. The summed E-state index contributed by atoms with van der Waals surface area (Å²) in [7, 11) is -1.77. The van der Waals surface area contributed by atoms with Crippen molar-refractivity contribution in [1.82, 2.24) is 10.2 Å². The Balaban J connectivity index is 1.15. The number of nitrogens with one attached hydrogen (secondary N) is 2. The third kappa shape index (κ3) is 7.27. The molecule has 0 bridgehead atoms. The van der Waals surface area contributed by atoms with Crippen molar-refractivity contribution < 1.29 is 17.5 Å². The number of likely N-dealkylation sites (N-methyl/N-ethyl adjacent to an activating group) is 1. The summed E-state index contributed by atoms with van der Waals surface area (Å²) in [6.45, 7) is 3.06. The van der Waals surface area contributed by atoms with Crippen LogP contribution >= 0.6 is 0 Å².